The first-order chi connectivity index (χ1) is 8.90. The molecule has 1 aromatic carbocycles. The molecule has 0 radical (unpaired) electrons. The van der Waals surface area contributed by atoms with E-state index in [0.29, 0.717) is 18.2 Å². The molecule has 5 nitrogen and oxygen atoms in total. The predicted octanol–water partition coefficient (Wildman–Crippen LogP) is 1.63. The maximum atomic E-state index is 12.3. The average molecular weight is 305 g/mol. The molecule has 106 valence electrons. The van der Waals surface area contributed by atoms with Crippen LogP contribution in [0.15, 0.2) is 23.1 Å². The van der Waals surface area contributed by atoms with E-state index >= 15 is 0 Å². The van der Waals surface area contributed by atoms with Crippen molar-refractivity contribution < 1.29 is 13.2 Å². The molecule has 7 heteroatoms. The number of ether oxygens (including phenoxy) is 1. The number of anilines is 1. The Hall–Kier alpha value is -0.820. The number of nitrogen functional groups attached to an aromatic ring is 1. The van der Waals surface area contributed by atoms with Gasteiger partial charge in [0.05, 0.1) is 12.3 Å². The Balaban J connectivity index is 2.17. The summed E-state index contributed by atoms with van der Waals surface area (Å²) in [7, 11) is -3.63. The van der Waals surface area contributed by atoms with Crippen LogP contribution >= 0.6 is 11.6 Å². The molecule has 0 aromatic heterocycles. The molecular formula is C12H17ClN2O3S. The number of sulfonamides is 1. The number of hydrogen-bond acceptors (Lipinski definition) is 4. The fraction of sp³-hybridized carbons (Fsp3) is 0.500. The van der Waals surface area contributed by atoms with Gasteiger partial charge in [-0.15, -0.1) is 0 Å². The molecule has 19 heavy (non-hydrogen) atoms. The first kappa shape index (κ1) is 14.6. The minimum absolute atomic E-state index is 0.0580. The van der Waals surface area contributed by atoms with Crippen LogP contribution in [0, 0.1) is 5.92 Å². The maximum Gasteiger partial charge on any atom is 0.242 e. The zero-order chi connectivity index (χ0) is 14.0. The minimum atomic E-state index is -3.63. The molecular weight excluding hydrogens is 288 g/mol. The summed E-state index contributed by atoms with van der Waals surface area (Å²) in [5.74, 6) is 0.197. The lowest BCUT2D eigenvalue weighted by molar-refractivity contribution is 0.180. The number of nitrogens with two attached hydrogens (primary N) is 1. The van der Waals surface area contributed by atoms with Crippen molar-refractivity contribution in [2.75, 3.05) is 18.9 Å². The van der Waals surface area contributed by atoms with Crippen LogP contribution in [-0.4, -0.2) is 27.7 Å². The third-order valence-electron chi connectivity index (χ3n) is 3.27. The summed E-state index contributed by atoms with van der Waals surface area (Å²) >= 11 is 5.76. The minimum Gasteiger partial charge on any atom is -0.398 e. The SMILES string of the molecule is CC(NS(=O)(=O)c1ccc(Cl)cc1N)C1CCOC1. The Morgan fingerprint density at radius 1 is 1.53 bits per heavy atom. The summed E-state index contributed by atoms with van der Waals surface area (Å²) < 4.78 is 32.4. The van der Waals surface area contributed by atoms with Gasteiger partial charge in [0.15, 0.2) is 0 Å². The summed E-state index contributed by atoms with van der Waals surface area (Å²) in [6.07, 6.45) is 0.861. The highest BCUT2D eigenvalue weighted by Crippen LogP contribution is 2.24. The molecule has 1 aliphatic heterocycles. The van der Waals surface area contributed by atoms with Gasteiger partial charge in [0.2, 0.25) is 10.0 Å². The summed E-state index contributed by atoms with van der Waals surface area (Å²) in [5, 5.41) is 0.411. The molecule has 3 N–H and O–H groups in total. The normalized spacial score (nSPS) is 21.5. The van der Waals surface area contributed by atoms with Crippen molar-refractivity contribution in [1.29, 1.82) is 0 Å². The molecule has 0 spiro atoms. The second kappa shape index (κ2) is 5.66. The fourth-order valence-electron chi connectivity index (χ4n) is 2.12. The molecule has 1 fully saturated rings. The van der Waals surface area contributed by atoms with Crippen molar-refractivity contribution in [2.24, 2.45) is 5.92 Å². The van der Waals surface area contributed by atoms with Gasteiger partial charge in [-0.1, -0.05) is 11.6 Å². The lowest BCUT2D eigenvalue weighted by Gasteiger charge is -2.19. The van der Waals surface area contributed by atoms with Crippen LogP contribution in [-0.2, 0) is 14.8 Å². The van der Waals surface area contributed by atoms with Crippen LogP contribution < -0.4 is 10.5 Å². The topological polar surface area (TPSA) is 81.4 Å². The molecule has 1 aliphatic rings. The van der Waals surface area contributed by atoms with E-state index in [1.165, 1.54) is 18.2 Å². The zero-order valence-corrected chi connectivity index (χ0v) is 12.2. The van der Waals surface area contributed by atoms with E-state index in [-0.39, 0.29) is 22.5 Å². The van der Waals surface area contributed by atoms with Crippen LogP contribution in [0.2, 0.25) is 5.02 Å². The highest BCUT2D eigenvalue weighted by Gasteiger charge is 2.27. The number of rotatable bonds is 4. The second-order valence-electron chi connectivity index (χ2n) is 4.72. The highest BCUT2D eigenvalue weighted by atomic mass is 35.5. The molecule has 0 amide bonds. The molecule has 0 bridgehead atoms. The first-order valence-electron chi connectivity index (χ1n) is 6.05. The van der Waals surface area contributed by atoms with E-state index < -0.39 is 10.0 Å². The van der Waals surface area contributed by atoms with Crippen molar-refractivity contribution in [1.82, 2.24) is 4.72 Å². The van der Waals surface area contributed by atoms with E-state index in [2.05, 4.69) is 4.72 Å². The van der Waals surface area contributed by atoms with E-state index in [1.807, 2.05) is 6.92 Å². The number of halogens is 1. The van der Waals surface area contributed by atoms with Gasteiger partial charge in [0.25, 0.3) is 0 Å². The smallest absolute Gasteiger partial charge is 0.242 e. The van der Waals surface area contributed by atoms with Crippen molar-refractivity contribution >= 4 is 27.3 Å². The Kier molecular flexibility index (Phi) is 4.35. The highest BCUT2D eigenvalue weighted by molar-refractivity contribution is 7.89. The van der Waals surface area contributed by atoms with Crippen molar-refractivity contribution in [3.05, 3.63) is 23.2 Å². The van der Waals surface area contributed by atoms with E-state index in [9.17, 15) is 8.42 Å². The number of nitrogens with one attached hydrogen (secondary N) is 1. The largest absolute Gasteiger partial charge is 0.398 e. The first-order valence-corrected chi connectivity index (χ1v) is 7.91. The van der Waals surface area contributed by atoms with Gasteiger partial charge in [-0.3, -0.25) is 0 Å². The van der Waals surface area contributed by atoms with Gasteiger partial charge in [-0.05, 0) is 31.5 Å². The Bertz CT molecular complexity index is 556. The Morgan fingerprint density at radius 2 is 2.26 bits per heavy atom. The van der Waals surface area contributed by atoms with Crippen LogP contribution in [0.3, 0.4) is 0 Å². The third kappa shape index (κ3) is 3.39. The van der Waals surface area contributed by atoms with Crippen LogP contribution in [0.1, 0.15) is 13.3 Å². The van der Waals surface area contributed by atoms with Gasteiger partial charge in [0.1, 0.15) is 4.90 Å². The van der Waals surface area contributed by atoms with Crippen LogP contribution in [0.4, 0.5) is 5.69 Å². The molecule has 0 aliphatic carbocycles. The van der Waals surface area contributed by atoms with E-state index in [1.54, 1.807) is 0 Å². The summed E-state index contributed by atoms with van der Waals surface area (Å²) in [6, 6.07) is 4.16. The molecule has 2 atom stereocenters. The Morgan fingerprint density at radius 3 is 2.84 bits per heavy atom. The zero-order valence-electron chi connectivity index (χ0n) is 10.6. The van der Waals surface area contributed by atoms with Gasteiger partial charge in [-0.25, -0.2) is 13.1 Å². The van der Waals surface area contributed by atoms with Crippen LogP contribution in [0.5, 0.6) is 0 Å². The number of hydrogen-bond donors (Lipinski definition) is 2. The standard InChI is InChI=1S/C12H17ClN2O3S/c1-8(9-4-5-18-7-9)15-19(16,17)12-3-2-10(13)6-11(12)14/h2-3,6,8-9,15H,4-5,7,14H2,1H3. The second-order valence-corrected chi connectivity index (χ2v) is 6.83. The summed E-state index contributed by atoms with van der Waals surface area (Å²) in [6.45, 7) is 3.10. The molecule has 0 saturated carbocycles. The molecule has 2 unspecified atom stereocenters. The van der Waals surface area contributed by atoms with Crippen molar-refractivity contribution in [2.45, 2.75) is 24.3 Å². The van der Waals surface area contributed by atoms with E-state index in [0.717, 1.165) is 6.42 Å². The van der Waals surface area contributed by atoms with Gasteiger partial charge < -0.3 is 10.5 Å². The van der Waals surface area contributed by atoms with Gasteiger partial charge >= 0.3 is 0 Å². The van der Waals surface area contributed by atoms with Gasteiger partial charge in [0, 0.05) is 23.6 Å². The summed E-state index contributed by atoms with van der Waals surface area (Å²) in [4.78, 5) is 0.0580. The van der Waals surface area contributed by atoms with Crippen molar-refractivity contribution in [3.63, 3.8) is 0 Å². The van der Waals surface area contributed by atoms with Gasteiger partial charge in [-0.2, -0.15) is 0 Å². The summed E-state index contributed by atoms with van der Waals surface area (Å²) in [5.41, 5.74) is 5.86. The molecule has 1 saturated heterocycles. The fourth-order valence-corrected chi connectivity index (χ4v) is 3.72. The van der Waals surface area contributed by atoms with Crippen molar-refractivity contribution in [3.8, 4) is 0 Å². The monoisotopic (exact) mass is 304 g/mol. The third-order valence-corrected chi connectivity index (χ3v) is 5.14. The molecule has 1 heterocycles. The molecule has 1 aromatic rings. The van der Waals surface area contributed by atoms with Crippen LogP contribution in [0.25, 0.3) is 0 Å². The predicted molar refractivity (Wildman–Crippen MR) is 74.6 cm³/mol. The Labute approximate surface area is 118 Å². The van der Waals surface area contributed by atoms with E-state index in [4.69, 9.17) is 22.1 Å². The number of benzene rings is 1. The lowest BCUT2D eigenvalue weighted by Crippen LogP contribution is -2.38. The average Bonchev–Trinajstić information content (AvgIpc) is 2.80. The molecule has 2 rings (SSSR count). The quantitative estimate of drug-likeness (QED) is 0.828. The maximum absolute atomic E-state index is 12.3. The lowest BCUT2D eigenvalue weighted by atomic mass is 10.0.